The molecule has 2 aromatic rings. The van der Waals surface area contributed by atoms with Crippen LogP contribution in [0.2, 0.25) is 26.1 Å². The van der Waals surface area contributed by atoms with Gasteiger partial charge in [-0.2, -0.15) is 0 Å². The normalized spacial score (nSPS) is 15.5. The SMILES string of the molecule is C(C=Cc1ccccc1)=Cc1ccccc1.CNC.[CH3][Ti]([CH3])([CH3])([CH3])([CH3])[C]1=CC=CC1. The summed E-state index contributed by atoms with van der Waals surface area (Å²) in [6, 6.07) is 20.6. The third-order valence-corrected chi connectivity index (χ3v) is 10.3. The van der Waals surface area contributed by atoms with Gasteiger partial charge in [0.2, 0.25) is 0 Å². The van der Waals surface area contributed by atoms with E-state index >= 15 is 0 Å². The number of hydrogen-bond donors (Lipinski definition) is 1. The molecule has 1 nitrogen and oxygen atoms in total. The fraction of sp³-hybridized carbons (Fsp3) is 0.286. The third-order valence-electron chi connectivity index (χ3n) is 4.66. The zero-order valence-electron chi connectivity index (χ0n) is 20.0. The molecular weight excluding hydrogens is 398 g/mol. The Labute approximate surface area is 183 Å². The molecule has 1 N–H and O–H groups in total. The number of rotatable bonds is 4. The molecule has 2 aromatic carbocycles. The molecule has 1 aliphatic carbocycles. The van der Waals surface area contributed by atoms with Crippen molar-refractivity contribution in [1.82, 2.24) is 5.32 Å². The molecule has 0 amide bonds. The Hall–Kier alpha value is -1.93. The van der Waals surface area contributed by atoms with Gasteiger partial charge in [0, 0.05) is 0 Å². The van der Waals surface area contributed by atoms with E-state index in [0.717, 1.165) is 0 Å². The van der Waals surface area contributed by atoms with Gasteiger partial charge in [-0.25, -0.2) is 0 Å². The second-order valence-electron chi connectivity index (χ2n) is 11.6. The van der Waals surface area contributed by atoms with Gasteiger partial charge in [0.25, 0.3) is 0 Å². The first-order chi connectivity index (χ1) is 14.0. The van der Waals surface area contributed by atoms with E-state index in [1.807, 2.05) is 50.5 Å². The van der Waals surface area contributed by atoms with Crippen LogP contribution in [0.5, 0.6) is 0 Å². The predicted octanol–water partition coefficient (Wildman–Crippen LogP) is 8.54. The fourth-order valence-electron chi connectivity index (χ4n) is 2.84. The minimum atomic E-state index is -2.61. The van der Waals surface area contributed by atoms with Crippen LogP contribution in [0, 0.1) is 0 Å². The van der Waals surface area contributed by atoms with Crippen molar-refractivity contribution in [1.29, 1.82) is 0 Å². The van der Waals surface area contributed by atoms with Crippen molar-refractivity contribution in [3.63, 3.8) is 0 Å². The van der Waals surface area contributed by atoms with Gasteiger partial charge in [0.1, 0.15) is 0 Å². The van der Waals surface area contributed by atoms with Gasteiger partial charge in [-0.05, 0) is 25.2 Å². The van der Waals surface area contributed by atoms with Crippen LogP contribution in [0.3, 0.4) is 0 Å². The molecular formula is C28H41NTi. The van der Waals surface area contributed by atoms with Crippen LogP contribution in [0.25, 0.3) is 12.2 Å². The predicted molar refractivity (Wildman–Crippen MR) is 137 cm³/mol. The van der Waals surface area contributed by atoms with Crippen molar-refractivity contribution < 1.29 is 14.0 Å². The van der Waals surface area contributed by atoms with Gasteiger partial charge in [-0.1, -0.05) is 85.0 Å². The van der Waals surface area contributed by atoms with Crippen molar-refractivity contribution in [2.75, 3.05) is 14.1 Å². The molecule has 0 aliphatic heterocycles. The molecule has 0 saturated heterocycles. The van der Waals surface area contributed by atoms with Gasteiger partial charge >= 0.3 is 68.7 Å². The first kappa shape index (κ1) is 26.1. The molecule has 0 heterocycles. The van der Waals surface area contributed by atoms with E-state index in [4.69, 9.17) is 0 Å². The van der Waals surface area contributed by atoms with Gasteiger partial charge in [0.15, 0.2) is 0 Å². The monoisotopic (exact) mass is 439 g/mol. The molecule has 0 saturated carbocycles. The summed E-state index contributed by atoms with van der Waals surface area (Å²) in [4.78, 5) is 0. The number of hydrogen-bond acceptors (Lipinski definition) is 1. The van der Waals surface area contributed by atoms with Gasteiger partial charge < -0.3 is 5.32 Å². The maximum absolute atomic E-state index is 2.75. The van der Waals surface area contributed by atoms with E-state index in [9.17, 15) is 0 Å². The Bertz CT molecular complexity index is 818. The Balaban J connectivity index is 0.000000280. The zero-order valence-corrected chi connectivity index (χ0v) is 21.6. The molecule has 30 heavy (non-hydrogen) atoms. The van der Waals surface area contributed by atoms with Gasteiger partial charge in [0.05, 0.1) is 0 Å². The zero-order chi connectivity index (χ0) is 22.6. The average molecular weight is 440 g/mol. The van der Waals surface area contributed by atoms with Crippen LogP contribution in [0.4, 0.5) is 0 Å². The van der Waals surface area contributed by atoms with Crippen molar-refractivity contribution in [2.24, 2.45) is 0 Å². The minimum absolute atomic E-state index is 1.20. The summed E-state index contributed by atoms with van der Waals surface area (Å²) >= 11 is -2.61. The summed E-state index contributed by atoms with van der Waals surface area (Å²) in [6.45, 7) is 0. The van der Waals surface area contributed by atoms with Crippen molar-refractivity contribution in [3.05, 3.63) is 106 Å². The summed E-state index contributed by atoms with van der Waals surface area (Å²) in [6.07, 6.45) is 16.3. The molecule has 3 rings (SSSR count). The van der Waals surface area contributed by atoms with Gasteiger partial charge in [-0.3, -0.25) is 0 Å². The van der Waals surface area contributed by atoms with Crippen molar-refractivity contribution >= 4 is 12.2 Å². The average Bonchev–Trinajstić information content (AvgIpc) is 3.23. The maximum atomic E-state index is 2.75. The molecule has 0 spiro atoms. The van der Waals surface area contributed by atoms with Crippen LogP contribution in [0.1, 0.15) is 17.5 Å². The molecule has 2 heteroatoms. The Kier molecular flexibility index (Phi) is 9.50. The first-order valence-corrected chi connectivity index (χ1v) is 19.5. The molecule has 0 aromatic heterocycles. The molecule has 0 atom stereocenters. The van der Waals surface area contributed by atoms with E-state index in [-0.39, 0.29) is 0 Å². The summed E-state index contributed by atoms with van der Waals surface area (Å²) in [7, 11) is 3.75. The van der Waals surface area contributed by atoms with Crippen LogP contribution in [-0.2, 0) is 14.0 Å². The quantitative estimate of drug-likeness (QED) is 0.372. The Morgan fingerprint density at radius 3 is 1.37 bits per heavy atom. The summed E-state index contributed by atoms with van der Waals surface area (Å²) in [5, 5.41) is 15.2. The summed E-state index contributed by atoms with van der Waals surface area (Å²) in [5.74, 6) is 0. The van der Waals surface area contributed by atoms with E-state index < -0.39 is 14.0 Å². The first-order valence-electron chi connectivity index (χ1n) is 10.9. The molecule has 0 radical (unpaired) electrons. The van der Waals surface area contributed by atoms with E-state index in [2.05, 4.69) is 98.3 Å². The van der Waals surface area contributed by atoms with Crippen LogP contribution >= 0.6 is 0 Å². The summed E-state index contributed by atoms with van der Waals surface area (Å²) < 4.78 is 1.70. The fourth-order valence-corrected chi connectivity index (χ4v) is 6.07. The molecule has 1 aliphatic rings. The second-order valence-corrected chi connectivity index (χ2v) is 32.1. The van der Waals surface area contributed by atoms with Crippen LogP contribution in [0.15, 0.2) is 94.9 Å². The molecule has 0 fully saturated rings. The van der Waals surface area contributed by atoms with E-state index in [1.54, 1.807) is 3.88 Å². The van der Waals surface area contributed by atoms with Crippen molar-refractivity contribution in [2.45, 2.75) is 32.6 Å². The van der Waals surface area contributed by atoms with E-state index in [0.29, 0.717) is 0 Å². The second kappa shape index (κ2) is 10.9. The molecule has 0 unspecified atom stereocenters. The third kappa shape index (κ3) is 11.3. The van der Waals surface area contributed by atoms with Crippen LogP contribution in [-0.4, -0.2) is 14.1 Å². The van der Waals surface area contributed by atoms with E-state index in [1.165, 1.54) is 17.5 Å². The number of allylic oxidation sites excluding steroid dienone is 6. The Morgan fingerprint density at radius 2 is 1.10 bits per heavy atom. The topological polar surface area (TPSA) is 12.0 Å². The van der Waals surface area contributed by atoms with Crippen LogP contribution < -0.4 is 5.32 Å². The van der Waals surface area contributed by atoms with Crippen molar-refractivity contribution in [3.8, 4) is 0 Å². The number of benzene rings is 2. The summed E-state index contributed by atoms with van der Waals surface area (Å²) in [5.41, 5.74) is 2.44. The molecule has 162 valence electrons. The standard InChI is InChI=1S/C16H14.C5H5.C2H7N.5CH3.Ti/c1-3-9-15(10-4-1)13-7-8-14-16-11-5-2-6-12-16;1-2-4-5-3-1;1-3-2;;;;;;/h1-14H;1-3H,4H2;3H,1-2H3;5*1H3;. The Morgan fingerprint density at radius 1 is 0.700 bits per heavy atom. The van der Waals surface area contributed by atoms with Gasteiger partial charge in [-0.15, -0.1) is 0 Å². The molecule has 0 bridgehead atoms. The number of nitrogens with one attached hydrogen (secondary N) is 1.